The number of benzene rings is 1. The van der Waals surface area contributed by atoms with Gasteiger partial charge < -0.3 is 14.8 Å². The van der Waals surface area contributed by atoms with Crippen LogP contribution in [0.3, 0.4) is 0 Å². The van der Waals surface area contributed by atoms with E-state index in [1.165, 1.54) is 0 Å². The van der Waals surface area contributed by atoms with Gasteiger partial charge in [-0.05, 0) is 26.0 Å². The minimum atomic E-state index is -0.246. The molecule has 1 aromatic heterocycles. The zero-order valence-electron chi connectivity index (χ0n) is 12.4. The fourth-order valence-electron chi connectivity index (χ4n) is 1.89. The van der Waals surface area contributed by atoms with Gasteiger partial charge in [-0.15, -0.1) is 0 Å². The highest BCUT2D eigenvalue weighted by Gasteiger charge is 2.10. The Bertz CT molecular complexity index is 622. The Morgan fingerprint density at radius 2 is 1.95 bits per heavy atom. The van der Waals surface area contributed by atoms with Gasteiger partial charge in [0.25, 0.3) is 5.91 Å². The highest BCUT2D eigenvalue weighted by molar-refractivity contribution is 5.91. The number of nitrogens with one attached hydrogen (secondary N) is 1. The molecule has 1 heterocycles. The highest BCUT2D eigenvalue weighted by atomic mass is 16.5. The molecule has 1 amide bonds. The van der Waals surface area contributed by atoms with Gasteiger partial charge in [0.05, 0.1) is 12.3 Å². The van der Waals surface area contributed by atoms with Crippen molar-refractivity contribution in [2.45, 2.75) is 13.8 Å². The third-order valence-corrected chi connectivity index (χ3v) is 2.78. The number of ether oxygens (including phenoxy) is 2. The van der Waals surface area contributed by atoms with E-state index in [0.29, 0.717) is 23.9 Å². The second-order valence-corrected chi connectivity index (χ2v) is 4.51. The monoisotopic (exact) mass is 289 g/mol. The highest BCUT2D eigenvalue weighted by Crippen LogP contribution is 2.26. The number of carbonyl (C=O) groups is 1. The number of nitrogens with zero attached hydrogens (tertiary/aromatic N) is 2. The molecule has 0 atom stereocenters. The summed E-state index contributed by atoms with van der Waals surface area (Å²) in [4.78, 5) is 11.9. The number of rotatable bonds is 6. The van der Waals surface area contributed by atoms with Crippen LogP contribution in [0.1, 0.15) is 12.6 Å². The zero-order valence-corrected chi connectivity index (χ0v) is 12.4. The molecule has 112 valence electrons. The molecular formula is C15H19N3O3. The summed E-state index contributed by atoms with van der Waals surface area (Å²) < 4.78 is 12.6. The van der Waals surface area contributed by atoms with E-state index in [1.54, 1.807) is 29.9 Å². The molecule has 0 spiro atoms. The Morgan fingerprint density at radius 3 is 2.52 bits per heavy atom. The summed E-state index contributed by atoms with van der Waals surface area (Å²) in [7, 11) is 1.77. The lowest BCUT2D eigenvalue weighted by Gasteiger charge is -2.11. The zero-order chi connectivity index (χ0) is 15.2. The van der Waals surface area contributed by atoms with Gasteiger partial charge in [0.15, 0.2) is 18.1 Å². The molecule has 0 aliphatic carbocycles. The Balaban J connectivity index is 1.94. The van der Waals surface area contributed by atoms with E-state index in [-0.39, 0.29) is 12.5 Å². The molecule has 0 aliphatic heterocycles. The number of hydrogen-bond acceptors (Lipinski definition) is 4. The topological polar surface area (TPSA) is 65.4 Å². The molecule has 0 aliphatic rings. The summed E-state index contributed by atoms with van der Waals surface area (Å²) in [5.41, 5.74) is 0.843. The first-order valence-corrected chi connectivity index (χ1v) is 6.75. The Kier molecular flexibility index (Phi) is 4.81. The van der Waals surface area contributed by atoms with Crippen LogP contribution in [0.5, 0.6) is 11.5 Å². The fourth-order valence-corrected chi connectivity index (χ4v) is 1.89. The number of para-hydroxylation sites is 2. The molecule has 6 heteroatoms. The van der Waals surface area contributed by atoms with E-state index in [4.69, 9.17) is 9.47 Å². The van der Waals surface area contributed by atoms with Gasteiger partial charge in [0.2, 0.25) is 0 Å². The van der Waals surface area contributed by atoms with Crippen LogP contribution in [-0.2, 0) is 11.8 Å². The maximum absolute atomic E-state index is 11.9. The van der Waals surface area contributed by atoms with Crippen LogP contribution < -0.4 is 14.8 Å². The van der Waals surface area contributed by atoms with Crippen molar-refractivity contribution in [1.29, 1.82) is 0 Å². The van der Waals surface area contributed by atoms with Gasteiger partial charge in [-0.3, -0.25) is 9.48 Å². The van der Waals surface area contributed by atoms with Crippen LogP contribution in [0.4, 0.5) is 5.82 Å². The van der Waals surface area contributed by atoms with Crippen LogP contribution in [0.15, 0.2) is 30.3 Å². The summed E-state index contributed by atoms with van der Waals surface area (Å²) >= 11 is 0. The van der Waals surface area contributed by atoms with Crippen molar-refractivity contribution >= 4 is 11.7 Å². The van der Waals surface area contributed by atoms with Crippen LogP contribution in [0.25, 0.3) is 0 Å². The normalized spacial score (nSPS) is 10.2. The van der Waals surface area contributed by atoms with E-state index >= 15 is 0 Å². The van der Waals surface area contributed by atoms with Gasteiger partial charge in [0.1, 0.15) is 5.82 Å². The number of amides is 1. The van der Waals surface area contributed by atoms with Crippen molar-refractivity contribution < 1.29 is 14.3 Å². The number of carbonyl (C=O) groups excluding carboxylic acids is 1. The van der Waals surface area contributed by atoms with Gasteiger partial charge in [0, 0.05) is 13.1 Å². The first kappa shape index (κ1) is 14.9. The molecule has 0 unspecified atom stereocenters. The molecule has 0 bridgehead atoms. The quantitative estimate of drug-likeness (QED) is 0.885. The van der Waals surface area contributed by atoms with Gasteiger partial charge in [-0.2, -0.15) is 5.10 Å². The van der Waals surface area contributed by atoms with E-state index in [1.807, 2.05) is 26.0 Å². The summed E-state index contributed by atoms with van der Waals surface area (Å²) in [6.07, 6.45) is 0. The molecule has 0 radical (unpaired) electrons. The van der Waals surface area contributed by atoms with Crippen LogP contribution in [0.2, 0.25) is 0 Å². The summed E-state index contributed by atoms with van der Waals surface area (Å²) in [5.74, 6) is 1.57. The van der Waals surface area contributed by atoms with Crippen molar-refractivity contribution in [3.63, 3.8) is 0 Å². The lowest BCUT2D eigenvalue weighted by molar-refractivity contribution is -0.118. The number of aryl methyl sites for hydroxylation is 2. The van der Waals surface area contributed by atoms with Crippen molar-refractivity contribution in [1.82, 2.24) is 9.78 Å². The standard InChI is InChI=1S/C15H19N3O3/c1-4-20-12-7-5-6-8-13(12)21-10-15(19)16-14-9-11(2)17-18(14)3/h5-9H,4,10H2,1-3H3,(H,16,19). The third-order valence-electron chi connectivity index (χ3n) is 2.78. The Hall–Kier alpha value is -2.50. The summed E-state index contributed by atoms with van der Waals surface area (Å²) in [5, 5.41) is 6.91. The molecule has 0 saturated carbocycles. The molecule has 1 aromatic carbocycles. The smallest absolute Gasteiger partial charge is 0.263 e. The first-order chi connectivity index (χ1) is 10.1. The van der Waals surface area contributed by atoms with E-state index < -0.39 is 0 Å². The lowest BCUT2D eigenvalue weighted by Crippen LogP contribution is -2.21. The molecule has 0 saturated heterocycles. The SMILES string of the molecule is CCOc1ccccc1OCC(=O)Nc1cc(C)nn1C. The van der Waals surface area contributed by atoms with Crippen LogP contribution >= 0.6 is 0 Å². The molecule has 0 fully saturated rings. The minimum absolute atomic E-state index is 0.0890. The first-order valence-electron chi connectivity index (χ1n) is 6.75. The molecule has 1 N–H and O–H groups in total. The summed E-state index contributed by atoms with van der Waals surface area (Å²) in [6, 6.07) is 9.07. The molecular weight excluding hydrogens is 270 g/mol. The van der Waals surface area contributed by atoms with E-state index in [2.05, 4.69) is 10.4 Å². The number of hydrogen-bond donors (Lipinski definition) is 1. The fraction of sp³-hybridized carbons (Fsp3) is 0.333. The molecule has 6 nitrogen and oxygen atoms in total. The van der Waals surface area contributed by atoms with E-state index in [0.717, 1.165) is 5.69 Å². The average molecular weight is 289 g/mol. The average Bonchev–Trinajstić information content (AvgIpc) is 2.76. The van der Waals surface area contributed by atoms with Gasteiger partial charge in [-0.1, -0.05) is 12.1 Å². The van der Waals surface area contributed by atoms with Crippen LogP contribution in [0, 0.1) is 6.92 Å². The predicted molar refractivity (Wildman–Crippen MR) is 79.7 cm³/mol. The molecule has 2 rings (SSSR count). The van der Waals surface area contributed by atoms with Crippen molar-refractivity contribution in [3.8, 4) is 11.5 Å². The van der Waals surface area contributed by atoms with Gasteiger partial charge >= 0.3 is 0 Å². The van der Waals surface area contributed by atoms with Crippen molar-refractivity contribution in [3.05, 3.63) is 36.0 Å². The largest absolute Gasteiger partial charge is 0.490 e. The second-order valence-electron chi connectivity index (χ2n) is 4.51. The minimum Gasteiger partial charge on any atom is -0.490 e. The maximum atomic E-state index is 11.9. The number of aromatic nitrogens is 2. The lowest BCUT2D eigenvalue weighted by atomic mass is 10.3. The Morgan fingerprint density at radius 1 is 1.29 bits per heavy atom. The maximum Gasteiger partial charge on any atom is 0.263 e. The molecule has 21 heavy (non-hydrogen) atoms. The van der Waals surface area contributed by atoms with Crippen LogP contribution in [-0.4, -0.2) is 28.9 Å². The van der Waals surface area contributed by atoms with Crippen molar-refractivity contribution in [2.75, 3.05) is 18.5 Å². The Labute approximate surface area is 123 Å². The third kappa shape index (κ3) is 3.98. The molecule has 2 aromatic rings. The second kappa shape index (κ2) is 6.78. The summed E-state index contributed by atoms with van der Waals surface area (Å²) in [6.45, 7) is 4.22. The van der Waals surface area contributed by atoms with E-state index in [9.17, 15) is 4.79 Å². The predicted octanol–water partition coefficient (Wildman–Crippen LogP) is 2.14. The number of anilines is 1. The van der Waals surface area contributed by atoms with Crippen molar-refractivity contribution in [2.24, 2.45) is 7.05 Å². The van der Waals surface area contributed by atoms with Gasteiger partial charge in [-0.25, -0.2) is 0 Å².